The fourth-order valence-corrected chi connectivity index (χ4v) is 6.73. The zero-order chi connectivity index (χ0) is 25.7. The van der Waals surface area contributed by atoms with Gasteiger partial charge in [0.1, 0.15) is 0 Å². The molecule has 4 aliphatic heterocycles. The summed E-state index contributed by atoms with van der Waals surface area (Å²) >= 11 is 0. The predicted molar refractivity (Wildman–Crippen MR) is 130 cm³/mol. The van der Waals surface area contributed by atoms with Crippen LogP contribution in [0.25, 0.3) is 0 Å². The molecule has 0 radical (unpaired) electrons. The molecular formula is C26H35F3N4O3. The Bertz CT molecular complexity index is 1010. The van der Waals surface area contributed by atoms with Crippen LogP contribution in [0.3, 0.4) is 0 Å². The van der Waals surface area contributed by atoms with Gasteiger partial charge in [-0.25, -0.2) is 4.79 Å². The van der Waals surface area contributed by atoms with E-state index in [1.807, 2.05) is 4.90 Å². The van der Waals surface area contributed by atoms with Crippen LogP contribution in [0.1, 0.15) is 57.4 Å². The lowest BCUT2D eigenvalue weighted by Crippen LogP contribution is -2.46. The Morgan fingerprint density at radius 2 is 1.75 bits per heavy atom. The maximum Gasteiger partial charge on any atom is 0.418 e. The molecule has 2 amide bonds. The van der Waals surface area contributed by atoms with Gasteiger partial charge in [-0.1, -0.05) is 6.42 Å². The number of carbonyl (C=O) groups is 2. The van der Waals surface area contributed by atoms with Gasteiger partial charge in [0.2, 0.25) is 5.91 Å². The molecule has 10 heteroatoms. The van der Waals surface area contributed by atoms with Crippen molar-refractivity contribution in [2.24, 2.45) is 5.41 Å². The number of hydrogen-bond donors (Lipinski definition) is 1. The summed E-state index contributed by atoms with van der Waals surface area (Å²) < 4.78 is 42.8. The molecule has 4 fully saturated rings. The second-order valence-electron chi connectivity index (χ2n) is 10.9. The number of rotatable bonds is 3. The highest BCUT2D eigenvalue weighted by molar-refractivity contribution is 6.01. The first-order valence-corrected chi connectivity index (χ1v) is 13.1. The van der Waals surface area contributed by atoms with Gasteiger partial charge in [-0.2, -0.15) is 13.2 Å². The lowest BCUT2D eigenvalue weighted by atomic mass is 9.77. The van der Waals surface area contributed by atoms with Crippen molar-refractivity contribution >= 4 is 23.4 Å². The maximum atomic E-state index is 14.3. The van der Waals surface area contributed by atoms with E-state index in [0.29, 0.717) is 43.6 Å². The minimum atomic E-state index is -4.59. The maximum absolute atomic E-state index is 14.3. The SMILES string of the molecule is C[C@H]1CCCCN1[C@H]1CCN(c2ccc(N3CCC4(CCN(C(=O)O)CC4)C3=O)c(C(F)(F)F)c2)C1. The van der Waals surface area contributed by atoms with Crippen LogP contribution in [-0.4, -0.2) is 78.3 Å². The van der Waals surface area contributed by atoms with Crippen molar-refractivity contribution in [1.29, 1.82) is 0 Å². The first-order chi connectivity index (χ1) is 17.1. The molecule has 1 aromatic rings. The average molecular weight is 509 g/mol. The molecule has 2 atom stereocenters. The van der Waals surface area contributed by atoms with E-state index in [1.54, 1.807) is 6.07 Å². The summed E-state index contributed by atoms with van der Waals surface area (Å²) in [5, 5.41) is 9.21. The fraction of sp³-hybridized carbons (Fsp3) is 0.692. The van der Waals surface area contributed by atoms with Crippen LogP contribution in [0.5, 0.6) is 0 Å². The van der Waals surface area contributed by atoms with Crippen molar-refractivity contribution in [3.8, 4) is 0 Å². The number of carboxylic acid groups (broad SMARTS) is 1. The highest BCUT2D eigenvalue weighted by atomic mass is 19.4. The highest BCUT2D eigenvalue weighted by Crippen LogP contribution is 2.47. The second kappa shape index (κ2) is 9.43. The molecule has 5 rings (SSSR count). The van der Waals surface area contributed by atoms with Crippen LogP contribution in [0.15, 0.2) is 18.2 Å². The molecule has 0 aromatic heterocycles. The van der Waals surface area contributed by atoms with Crippen molar-refractivity contribution < 1.29 is 27.9 Å². The third kappa shape index (κ3) is 4.53. The van der Waals surface area contributed by atoms with E-state index >= 15 is 0 Å². The lowest BCUT2D eigenvalue weighted by molar-refractivity contribution is -0.137. The Kier molecular flexibility index (Phi) is 6.59. The molecule has 4 aliphatic rings. The third-order valence-corrected chi connectivity index (χ3v) is 8.93. The molecule has 198 valence electrons. The van der Waals surface area contributed by atoms with Crippen LogP contribution >= 0.6 is 0 Å². The van der Waals surface area contributed by atoms with Crippen LogP contribution in [0.2, 0.25) is 0 Å². The van der Waals surface area contributed by atoms with Crippen LogP contribution in [0.4, 0.5) is 29.3 Å². The Morgan fingerprint density at radius 1 is 1.03 bits per heavy atom. The second-order valence-corrected chi connectivity index (χ2v) is 10.9. The Morgan fingerprint density at radius 3 is 2.42 bits per heavy atom. The molecule has 1 spiro atoms. The molecule has 36 heavy (non-hydrogen) atoms. The summed E-state index contributed by atoms with van der Waals surface area (Å²) in [7, 11) is 0. The zero-order valence-corrected chi connectivity index (χ0v) is 20.8. The van der Waals surface area contributed by atoms with Gasteiger partial charge in [-0.15, -0.1) is 0 Å². The summed E-state index contributed by atoms with van der Waals surface area (Å²) in [6.07, 6.45) is 0.0370. The fourth-order valence-electron chi connectivity index (χ4n) is 6.73. The van der Waals surface area contributed by atoms with Crippen LogP contribution in [-0.2, 0) is 11.0 Å². The number of benzene rings is 1. The molecule has 4 saturated heterocycles. The van der Waals surface area contributed by atoms with Gasteiger partial charge in [-0.05, 0) is 70.2 Å². The number of likely N-dealkylation sites (tertiary alicyclic amines) is 2. The van der Waals surface area contributed by atoms with Gasteiger partial charge in [0, 0.05) is 50.5 Å². The summed E-state index contributed by atoms with van der Waals surface area (Å²) in [5.74, 6) is -0.314. The van der Waals surface area contributed by atoms with E-state index in [1.165, 1.54) is 41.2 Å². The van der Waals surface area contributed by atoms with Crippen molar-refractivity contribution in [2.75, 3.05) is 49.1 Å². The molecule has 4 heterocycles. The minimum Gasteiger partial charge on any atom is -0.465 e. The molecule has 1 N–H and O–H groups in total. The number of nitrogens with zero attached hydrogens (tertiary/aromatic N) is 4. The van der Waals surface area contributed by atoms with Gasteiger partial charge in [0.25, 0.3) is 0 Å². The van der Waals surface area contributed by atoms with Gasteiger partial charge < -0.3 is 19.8 Å². The number of piperidine rings is 2. The van der Waals surface area contributed by atoms with Crippen molar-refractivity contribution in [3.63, 3.8) is 0 Å². The zero-order valence-electron chi connectivity index (χ0n) is 20.8. The molecule has 0 saturated carbocycles. The number of alkyl halides is 3. The summed E-state index contributed by atoms with van der Waals surface area (Å²) in [6, 6.07) is 5.25. The van der Waals surface area contributed by atoms with E-state index in [4.69, 9.17) is 0 Å². The highest BCUT2D eigenvalue weighted by Gasteiger charge is 2.50. The molecule has 0 unspecified atom stereocenters. The molecule has 0 aliphatic carbocycles. The molecule has 7 nitrogen and oxygen atoms in total. The summed E-state index contributed by atoms with van der Waals surface area (Å²) in [4.78, 5) is 31.8. The standard InChI is InChI=1S/C26H35F3N4O3/c1-18-4-2-3-11-32(18)20-7-12-31(17-20)19-5-6-22(21(16-19)26(27,28)29)33-15-10-25(23(33)34)8-13-30(14-9-25)24(35)36/h5-6,16,18,20H,2-4,7-15,17H2,1H3,(H,35,36)/t18-,20-/m0/s1. The van der Waals surface area contributed by atoms with Gasteiger partial charge >= 0.3 is 12.3 Å². The first kappa shape index (κ1) is 25.2. The molecular weight excluding hydrogens is 473 g/mol. The monoisotopic (exact) mass is 508 g/mol. The first-order valence-electron chi connectivity index (χ1n) is 13.1. The van der Waals surface area contributed by atoms with E-state index in [-0.39, 0.29) is 31.2 Å². The van der Waals surface area contributed by atoms with E-state index in [0.717, 1.165) is 19.5 Å². The lowest BCUT2D eigenvalue weighted by Gasteiger charge is -2.38. The minimum absolute atomic E-state index is 0.0887. The Balaban J connectivity index is 1.35. The van der Waals surface area contributed by atoms with Crippen LogP contribution < -0.4 is 9.80 Å². The smallest absolute Gasteiger partial charge is 0.418 e. The number of anilines is 2. The largest absolute Gasteiger partial charge is 0.465 e. The average Bonchev–Trinajstić information content (AvgIpc) is 3.45. The number of hydrogen-bond acceptors (Lipinski definition) is 4. The normalized spacial score (nSPS) is 27.3. The summed E-state index contributed by atoms with van der Waals surface area (Å²) in [5.41, 5.74) is -1.09. The van der Waals surface area contributed by atoms with Gasteiger partial charge in [0.15, 0.2) is 0 Å². The van der Waals surface area contributed by atoms with Gasteiger partial charge in [0.05, 0.1) is 16.7 Å². The van der Waals surface area contributed by atoms with E-state index in [2.05, 4.69) is 11.8 Å². The number of carbonyl (C=O) groups excluding carboxylic acids is 1. The van der Waals surface area contributed by atoms with Crippen molar-refractivity contribution in [1.82, 2.24) is 9.80 Å². The van der Waals surface area contributed by atoms with Crippen molar-refractivity contribution in [3.05, 3.63) is 23.8 Å². The van der Waals surface area contributed by atoms with Crippen LogP contribution in [0, 0.1) is 5.41 Å². The van der Waals surface area contributed by atoms with E-state index in [9.17, 15) is 27.9 Å². The van der Waals surface area contributed by atoms with Gasteiger partial charge in [-0.3, -0.25) is 9.69 Å². The Hall–Kier alpha value is -2.49. The summed E-state index contributed by atoms with van der Waals surface area (Å²) in [6.45, 7) is 5.40. The van der Waals surface area contributed by atoms with E-state index < -0.39 is 23.2 Å². The number of halogens is 3. The topological polar surface area (TPSA) is 67.3 Å². The Labute approximate surface area is 209 Å². The van der Waals surface area contributed by atoms with Crippen molar-refractivity contribution in [2.45, 2.75) is 70.1 Å². The molecule has 0 bridgehead atoms. The third-order valence-electron chi connectivity index (χ3n) is 8.93. The number of amides is 2. The predicted octanol–water partition coefficient (Wildman–Crippen LogP) is 4.66. The molecule has 1 aromatic carbocycles. The quantitative estimate of drug-likeness (QED) is 0.644.